The Morgan fingerprint density at radius 2 is 0.902 bits per heavy atom. The van der Waals surface area contributed by atoms with Gasteiger partial charge in [0.2, 0.25) is 0 Å². The molecule has 0 atom stereocenters. The molecule has 1 heterocycles. The molecule has 11 aromatic rings. The van der Waals surface area contributed by atoms with Crippen LogP contribution < -0.4 is 4.90 Å². The summed E-state index contributed by atoms with van der Waals surface area (Å²) in [5.41, 5.74) is 16.6. The van der Waals surface area contributed by atoms with Crippen molar-refractivity contribution in [3.8, 4) is 33.4 Å². The molecule has 2 nitrogen and oxygen atoms in total. The van der Waals surface area contributed by atoms with Crippen LogP contribution in [0.3, 0.4) is 0 Å². The number of furan rings is 1. The van der Waals surface area contributed by atoms with Gasteiger partial charge in [0.05, 0.1) is 11.1 Å². The maximum atomic E-state index is 6.74. The monoisotopic (exact) mass is 777 g/mol. The summed E-state index contributed by atoms with van der Waals surface area (Å²) in [7, 11) is 0. The topological polar surface area (TPSA) is 16.4 Å². The van der Waals surface area contributed by atoms with E-state index in [0.717, 1.165) is 50.1 Å². The van der Waals surface area contributed by atoms with Gasteiger partial charge < -0.3 is 9.32 Å². The SMILES string of the molecule is c1ccc(-c2ccc(N(c3ccc4c(c3)C(c3ccccc3)(c3ccccc3)c3ccccc3-4)c3ccc4oc5ccc6ccccc6c5c4c3-c3ccccc3)cc2)cc1. The summed E-state index contributed by atoms with van der Waals surface area (Å²) in [5.74, 6) is 0. The fourth-order valence-electron chi connectivity index (χ4n) is 10.1. The minimum absolute atomic E-state index is 0.542. The van der Waals surface area contributed by atoms with Crippen LogP contribution in [0, 0.1) is 0 Å². The van der Waals surface area contributed by atoms with E-state index in [2.05, 4.69) is 241 Å². The lowest BCUT2D eigenvalue weighted by Gasteiger charge is -2.35. The van der Waals surface area contributed by atoms with Crippen LogP contribution in [-0.2, 0) is 5.41 Å². The van der Waals surface area contributed by atoms with Gasteiger partial charge in [-0.15, -0.1) is 0 Å². The summed E-state index contributed by atoms with van der Waals surface area (Å²) in [6.07, 6.45) is 0. The normalized spacial score (nSPS) is 12.7. The third kappa shape index (κ3) is 5.43. The minimum atomic E-state index is -0.542. The first-order chi connectivity index (χ1) is 30.3. The molecule has 286 valence electrons. The highest BCUT2D eigenvalue weighted by atomic mass is 16.3. The van der Waals surface area contributed by atoms with E-state index in [1.54, 1.807) is 0 Å². The molecule has 0 spiro atoms. The zero-order valence-corrected chi connectivity index (χ0v) is 33.4. The zero-order chi connectivity index (χ0) is 40.3. The Morgan fingerprint density at radius 3 is 1.62 bits per heavy atom. The second-order valence-corrected chi connectivity index (χ2v) is 16.0. The molecule has 1 aromatic heterocycles. The van der Waals surface area contributed by atoms with Gasteiger partial charge >= 0.3 is 0 Å². The molecular formula is C59H39NO. The van der Waals surface area contributed by atoms with E-state index in [4.69, 9.17) is 4.42 Å². The molecule has 0 aliphatic heterocycles. The lowest BCUT2D eigenvalue weighted by Crippen LogP contribution is -2.28. The van der Waals surface area contributed by atoms with Crippen molar-refractivity contribution in [2.75, 3.05) is 4.90 Å². The average molecular weight is 778 g/mol. The Bertz CT molecular complexity index is 3350. The van der Waals surface area contributed by atoms with E-state index >= 15 is 0 Å². The van der Waals surface area contributed by atoms with Crippen LogP contribution >= 0.6 is 0 Å². The van der Waals surface area contributed by atoms with Crippen molar-refractivity contribution in [1.29, 1.82) is 0 Å². The molecule has 0 saturated heterocycles. The van der Waals surface area contributed by atoms with Crippen LogP contribution in [0.15, 0.2) is 241 Å². The van der Waals surface area contributed by atoms with Crippen molar-refractivity contribution in [1.82, 2.24) is 0 Å². The van der Waals surface area contributed by atoms with Crippen LogP contribution in [0.5, 0.6) is 0 Å². The zero-order valence-electron chi connectivity index (χ0n) is 33.4. The van der Waals surface area contributed by atoms with Crippen molar-refractivity contribution < 1.29 is 4.42 Å². The lowest BCUT2D eigenvalue weighted by molar-refractivity contribution is 0.669. The minimum Gasteiger partial charge on any atom is -0.456 e. The molecule has 61 heavy (non-hydrogen) atoms. The third-order valence-corrected chi connectivity index (χ3v) is 12.7. The number of rotatable bonds is 7. The molecular weight excluding hydrogens is 739 g/mol. The second-order valence-electron chi connectivity index (χ2n) is 16.0. The summed E-state index contributed by atoms with van der Waals surface area (Å²) in [6.45, 7) is 0. The highest BCUT2D eigenvalue weighted by Crippen LogP contribution is 2.58. The maximum absolute atomic E-state index is 6.74. The summed E-state index contributed by atoms with van der Waals surface area (Å²) in [5, 5.41) is 4.60. The van der Waals surface area contributed by atoms with Crippen LogP contribution in [0.2, 0.25) is 0 Å². The van der Waals surface area contributed by atoms with Crippen molar-refractivity contribution in [2.24, 2.45) is 0 Å². The summed E-state index contributed by atoms with van der Waals surface area (Å²) >= 11 is 0. The number of hydrogen-bond donors (Lipinski definition) is 0. The van der Waals surface area contributed by atoms with Crippen LogP contribution in [0.4, 0.5) is 17.1 Å². The van der Waals surface area contributed by atoms with E-state index in [9.17, 15) is 0 Å². The molecule has 1 aliphatic rings. The number of nitrogens with zero attached hydrogens (tertiary/aromatic N) is 1. The van der Waals surface area contributed by atoms with Gasteiger partial charge in [-0.3, -0.25) is 0 Å². The molecule has 0 radical (unpaired) electrons. The highest BCUT2D eigenvalue weighted by Gasteiger charge is 2.46. The molecule has 0 N–H and O–H groups in total. The van der Waals surface area contributed by atoms with Crippen LogP contribution in [0.1, 0.15) is 22.3 Å². The molecule has 0 bridgehead atoms. The first-order valence-corrected chi connectivity index (χ1v) is 21.0. The van der Waals surface area contributed by atoms with Crippen molar-refractivity contribution in [2.45, 2.75) is 5.41 Å². The van der Waals surface area contributed by atoms with Crippen molar-refractivity contribution in [3.63, 3.8) is 0 Å². The number of anilines is 3. The predicted molar refractivity (Wildman–Crippen MR) is 254 cm³/mol. The smallest absolute Gasteiger partial charge is 0.136 e. The molecule has 2 heteroatoms. The molecule has 0 unspecified atom stereocenters. The highest BCUT2D eigenvalue weighted by molar-refractivity contribution is 6.24. The first kappa shape index (κ1) is 35.0. The number of benzene rings is 10. The van der Waals surface area contributed by atoms with Crippen LogP contribution in [-0.4, -0.2) is 0 Å². The van der Waals surface area contributed by atoms with E-state index in [0.29, 0.717) is 0 Å². The molecule has 10 aromatic carbocycles. The molecule has 0 saturated carbocycles. The molecule has 0 amide bonds. The first-order valence-electron chi connectivity index (χ1n) is 21.0. The Balaban J connectivity index is 1.18. The van der Waals surface area contributed by atoms with E-state index < -0.39 is 5.41 Å². The van der Waals surface area contributed by atoms with Gasteiger partial charge in [0.15, 0.2) is 0 Å². The largest absolute Gasteiger partial charge is 0.456 e. The number of fused-ring (bicyclic) bond motifs is 8. The van der Waals surface area contributed by atoms with Crippen molar-refractivity contribution >= 4 is 49.8 Å². The average Bonchev–Trinajstić information content (AvgIpc) is 3.87. The van der Waals surface area contributed by atoms with E-state index in [1.165, 1.54) is 55.3 Å². The maximum Gasteiger partial charge on any atom is 0.136 e. The van der Waals surface area contributed by atoms with Gasteiger partial charge in [-0.1, -0.05) is 194 Å². The summed E-state index contributed by atoms with van der Waals surface area (Å²) in [6, 6.07) is 86.0. The Hall–Kier alpha value is -7.94. The second kappa shape index (κ2) is 14.1. The molecule has 12 rings (SSSR count). The van der Waals surface area contributed by atoms with Gasteiger partial charge in [-0.2, -0.15) is 0 Å². The Morgan fingerprint density at radius 1 is 0.361 bits per heavy atom. The number of hydrogen-bond acceptors (Lipinski definition) is 2. The van der Waals surface area contributed by atoms with Gasteiger partial charge in [-0.05, 0) is 103 Å². The van der Waals surface area contributed by atoms with Gasteiger partial charge in [0, 0.05) is 27.7 Å². The van der Waals surface area contributed by atoms with Crippen molar-refractivity contribution in [3.05, 3.63) is 259 Å². The summed E-state index contributed by atoms with van der Waals surface area (Å²) < 4.78 is 6.74. The molecule has 0 fully saturated rings. The standard InChI is InChI=1S/C59H39NO/c1-5-17-40(18-6-1)41-29-32-46(33-30-41)60(53-36-38-55-58(56(53)43-20-7-2-8-21-43)57-48-26-14-13-19-42(48)31-37-54(57)61-55)47-34-35-50-49-27-15-16-28-51(49)59(52(50)39-47,44-22-9-3-10-23-44)45-24-11-4-12-25-45/h1-39H. The lowest BCUT2D eigenvalue weighted by atomic mass is 9.67. The fourth-order valence-corrected chi connectivity index (χ4v) is 10.1. The Labute approximate surface area is 355 Å². The quantitative estimate of drug-likeness (QED) is 0.160. The van der Waals surface area contributed by atoms with Crippen LogP contribution in [0.25, 0.3) is 66.1 Å². The van der Waals surface area contributed by atoms with Gasteiger partial charge in [0.25, 0.3) is 0 Å². The van der Waals surface area contributed by atoms with E-state index in [-0.39, 0.29) is 0 Å². The summed E-state index contributed by atoms with van der Waals surface area (Å²) in [4.78, 5) is 2.46. The third-order valence-electron chi connectivity index (χ3n) is 12.7. The van der Waals surface area contributed by atoms with Gasteiger partial charge in [0.1, 0.15) is 11.2 Å². The molecule has 1 aliphatic carbocycles. The fraction of sp³-hybridized carbons (Fsp3) is 0.0169. The van der Waals surface area contributed by atoms with Gasteiger partial charge in [-0.25, -0.2) is 0 Å². The Kier molecular flexibility index (Phi) is 8.11. The predicted octanol–water partition coefficient (Wildman–Crippen LogP) is 15.9. The van der Waals surface area contributed by atoms with E-state index in [1.807, 2.05) is 0 Å².